The van der Waals surface area contributed by atoms with E-state index in [0.717, 1.165) is 7.11 Å². The van der Waals surface area contributed by atoms with Crippen molar-refractivity contribution in [3.63, 3.8) is 0 Å². The van der Waals surface area contributed by atoms with E-state index in [1.807, 2.05) is 0 Å². The van der Waals surface area contributed by atoms with Crippen molar-refractivity contribution in [2.75, 3.05) is 40.1 Å². The highest BCUT2D eigenvalue weighted by Crippen LogP contribution is 1.95. The molecule has 47 heavy (non-hydrogen) atoms. The van der Waals surface area contributed by atoms with Crippen molar-refractivity contribution in [2.45, 2.75) is 71.4 Å². The summed E-state index contributed by atoms with van der Waals surface area (Å²) in [5, 5.41) is 27.2. The van der Waals surface area contributed by atoms with Crippen LogP contribution >= 0.6 is 0 Å². The molecule has 0 bridgehead atoms. The molecule has 0 amide bonds. The first-order valence-corrected chi connectivity index (χ1v) is 14.5. The van der Waals surface area contributed by atoms with Gasteiger partial charge in [0.25, 0.3) is 0 Å². The SMILES string of the molecule is COC(=O)CCn1c(=O)n(CCC(=O)OCCCCO)c(=O)n(CCC(=O)OCCn2c(=O)n(CCO)c(=O)n(CCO)c2=O)c1=O. The minimum absolute atomic E-state index is 0.000694. The molecule has 2 aromatic heterocycles. The lowest BCUT2D eigenvalue weighted by molar-refractivity contribution is -0.145. The number of hydrogen-bond donors (Lipinski definition) is 3. The van der Waals surface area contributed by atoms with E-state index in [9.17, 15) is 53.4 Å². The molecule has 262 valence electrons. The van der Waals surface area contributed by atoms with E-state index in [-0.39, 0.29) is 13.2 Å². The first-order valence-electron chi connectivity index (χ1n) is 14.5. The number of methoxy groups -OCH3 is 1. The molecule has 21 nitrogen and oxygen atoms in total. The van der Waals surface area contributed by atoms with Gasteiger partial charge in [0.05, 0.1) is 65.8 Å². The van der Waals surface area contributed by atoms with Crippen LogP contribution in [0.2, 0.25) is 0 Å². The Kier molecular flexibility index (Phi) is 15.4. The van der Waals surface area contributed by atoms with Crippen LogP contribution in [0.3, 0.4) is 0 Å². The number of carbonyl (C=O) groups excluding carboxylic acids is 3. The second-order valence-electron chi connectivity index (χ2n) is 9.75. The van der Waals surface area contributed by atoms with Gasteiger partial charge < -0.3 is 29.5 Å². The maximum absolute atomic E-state index is 13.1. The van der Waals surface area contributed by atoms with Crippen LogP contribution < -0.4 is 34.1 Å². The lowest BCUT2D eigenvalue weighted by Crippen LogP contribution is -2.55. The number of aliphatic hydroxyl groups excluding tert-OH is 3. The van der Waals surface area contributed by atoms with E-state index in [4.69, 9.17) is 14.6 Å². The van der Waals surface area contributed by atoms with Crippen LogP contribution in [0.25, 0.3) is 0 Å². The standard InChI is InChI=1S/C26H38N6O15/c1-45-18(36)4-7-27-21(39)28(8-5-19(37)46-16-3-2-13-33)23(41)29(22(27)40)9-6-20(38)47-17-12-32-25(43)30(10-14-34)24(42)31(11-15-35)26(32)44/h33-35H,2-17H2,1H3. The number of rotatable bonds is 20. The Balaban J connectivity index is 2.24. The summed E-state index contributed by atoms with van der Waals surface area (Å²) in [6.07, 6.45) is -0.670. The minimum Gasteiger partial charge on any atom is -0.469 e. The number of esters is 3. The fourth-order valence-electron chi connectivity index (χ4n) is 4.22. The number of aliphatic hydroxyl groups is 3. The van der Waals surface area contributed by atoms with Crippen LogP contribution in [0.5, 0.6) is 0 Å². The molecule has 0 saturated heterocycles. The number of carbonyl (C=O) groups is 3. The second-order valence-corrected chi connectivity index (χ2v) is 9.75. The Morgan fingerprint density at radius 1 is 0.468 bits per heavy atom. The third kappa shape index (κ3) is 10.3. The summed E-state index contributed by atoms with van der Waals surface area (Å²) in [4.78, 5) is 113. The molecule has 3 N–H and O–H groups in total. The third-order valence-electron chi connectivity index (χ3n) is 6.66. The minimum atomic E-state index is -1.16. The Bertz CT molecular complexity index is 1720. The fourth-order valence-corrected chi connectivity index (χ4v) is 4.22. The molecule has 0 unspecified atom stereocenters. The van der Waals surface area contributed by atoms with Gasteiger partial charge in [-0.25, -0.2) is 56.2 Å². The summed E-state index contributed by atoms with van der Waals surface area (Å²) in [5.74, 6) is -2.51. The summed E-state index contributed by atoms with van der Waals surface area (Å²) in [6.45, 7) is -4.87. The lowest BCUT2D eigenvalue weighted by atomic mass is 10.3. The summed E-state index contributed by atoms with van der Waals surface area (Å²) < 4.78 is 17.9. The summed E-state index contributed by atoms with van der Waals surface area (Å²) >= 11 is 0. The Morgan fingerprint density at radius 2 is 0.809 bits per heavy atom. The number of aromatic nitrogens is 6. The lowest BCUT2D eigenvalue weighted by Gasteiger charge is -2.14. The molecule has 2 heterocycles. The molecule has 0 saturated carbocycles. The van der Waals surface area contributed by atoms with Crippen molar-refractivity contribution in [2.24, 2.45) is 0 Å². The van der Waals surface area contributed by atoms with E-state index in [1.165, 1.54) is 0 Å². The van der Waals surface area contributed by atoms with Crippen molar-refractivity contribution in [1.82, 2.24) is 27.4 Å². The van der Waals surface area contributed by atoms with Gasteiger partial charge in [0.15, 0.2) is 0 Å². The maximum Gasteiger partial charge on any atom is 0.336 e. The van der Waals surface area contributed by atoms with Gasteiger partial charge in [-0.1, -0.05) is 0 Å². The molecule has 0 aliphatic heterocycles. The quantitative estimate of drug-likeness (QED) is 0.0672. The molecule has 0 spiro atoms. The van der Waals surface area contributed by atoms with Gasteiger partial charge in [0.1, 0.15) is 6.61 Å². The smallest absolute Gasteiger partial charge is 0.336 e. The normalized spacial score (nSPS) is 11.0. The Morgan fingerprint density at radius 3 is 1.17 bits per heavy atom. The molecule has 0 aliphatic rings. The average molecular weight is 675 g/mol. The second kappa shape index (κ2) is 18.9. The van der Waals surface area contributed by atoms with Gasteiger partial charge >= 0.3 is 52.0 Å². The highest BCUT2D eigenvalue weighted by atomic mass is 16.5. The van der Waals surface area contributed by atoms with Crippen LogP contribution in [0.4, 0.5) is 0 Å². The van der Waals surface area contributed by atoms with Gasteiger partial charge in [-0.05, 0) is 12.8 Å². The molecule has 2 rings (SSSR count). The van der Waals surface area contributed by atoms with Crippen molar-refractivity contribution >= 4 is 17.9 Å². The molecule has 0 aliphatic carbocycles. The molecule has 0 atom stereocenters. The van der Waals surface area contributed by atoms with Crippen LogP contribution in [0, 0.1) is 0 Å². The first-order chi connectivity index (χ1) is 22.4. The van der Waals surface area contributed by atoms with Crippen LogP contribution in [-0.4, -0.2) is 101 Å². The predicted molar refractivity (Wildman–Crippen MR) is 157 cm³/mol. The molecular weight excluding hydrogens is 636 g/mol. The maximum atomic E-state index is 13.1. The van der Waals surface area contributed by atoms with Gasteiger partial charge in [-0.15, -0.1) is 0 Å². The first kappa shape index (κ1) is 38.3. The van der Waals surface area contributed by atoms with Crippen molar-refractivity contribution in [1.29, 1.82) is 0 Å². The zero-order valence-electron chi connectivity index (χ0n) is 25.7. The topological polar surface area (TPSA) is 272 Å². The van der Waals surface area contributed by atoms with Crippen LogP contribution in [0.15, 0.2) is 28.8 Å². The zero-order valence-corrected chi connectivity index (χ0v) is 25.7. The van der Waals surface area contributed by atoms with Crippen LogP contribution in [0.1, 0.15) is 32.1 Å². The van der Waals surface area contributed by atoms with Crippen molar-refractivity contribution in [3.05, 3.63) is 62.9 Å². The van der Waals surface area contributed by atoms with Crippen molar-refractivity contribution < 1.29 is 43.9 Å². The Labute approximate surface area is 264 Å². The van der Waals surface area contributed by atoms with E-state index in [1.54, 1.807) is 0 Å². The van der Waals surface area contributed by atoms with E-state index in [2.05, 4.69) is 4.74 Å². The summed E-state index contributed by atoms with van der Waals surface area (Å²) in [5.41, 5.74) is -6.64. The van der Waals surface area contributed by atoms with Gasteiger partial charge in [-0.2, -0.15) is 0 Å². The largest absolute Gasteiger partial charge is 0.469 e. The monoisotopic (exact) mass is 674 g/mol. The number of unbranched alkanes of at least 4 members (excludes halogenated alkanes) is 1. The van der Waals surface area contributed by atoms with Gasteiger partial charge in [0.2, 0.25) is 0 Å². The third-order valence-corrected chi connectivity index (χ3v) is 6.66. The zero-order chi connectivity index (χ0) is 35.1. The highest BCUT2D eigenvalue weighted by Gasteiger charge is 2.19. The number of hydrogen-bond acceptors (Lipinski definition) is 15. The van der Waals surface area contributed by atoms with Gasteiger partial charge in [0, 0.05) is 26.2 Å². The fraction of sp³-hybridized carbons (Fsp3) is 0.654. The van der Waals surface area contributed by atoms with Crippen LogP contribution in [-0.2, 0) is 67.9 Å². The highest BCUT2D eigenvalue weighted by molar-refractivity contribution is 5.69. The number of nitrogens with zero attached hydrogens (tertiary/aromatic N) is 6. The van der Waals surface area contributed by atoms with E-state index >= 15 is 0 Å². The molecule has 21 heteroatoms. The molecular formula is C26H38N6O15. The molecule has 0 radical (unpaired) electrons. The van der Waals surface area contributed by atoms with Gasteiger partial charge in [-0.3, -0.25) is 14.4 Å². The number of ether oxygens (including phenoxy) is 3. The molecule has 0 fully saturated rings. The molecule has 2 aromatic rings. The van der Waals surface area contributed by atoms with E-state index < -0.39 is 130 Å². The average Bonchev–Trinajstić information content (AvgIpc) is 3.04. The Hall–Kier alpha value is -4.89. The van der Waals surface area contributed by atoms with E-state index in [0.29, 0.717) is 40.2 Å². The summed E-state index contributed by atoms with van der Waals surface area (Å²) in [7, 11) is 1.09. The van der Waals surface area contributed by atoms with Crippen molar-refractivity contribution in [3.8, 4) is 0 Å². The predicted octanol–water partition coefficient (Wildman–Crippen LogP) is -5.46. The molecule has 0 aromatic carbocycles. The summed E-state index contributed by atoms with van der Waals surface area (Å²) in [6, 6.07) is 0.